The highest BCUT2D eigenvalue weighted by atomic mass is 32.1. The molecule has 3 rings (SSSR count). The number of para-hydroxylation sites is 1. The molecule has 1 amide bonds. The molecular formula is C15H14N4O2S. The monoisotopic (exact) mass is 314 g/mol. The maximum absolute atomic E-state index is 12.0. The van der Waals surface area contributed by atoms with Gasteiger partial charge in [-0.25, -0.2) is 0 Å². The minimum atomic E-state index is -0.206. The number of nitrogens with zero attached hydrogens (tertiary/aromatic N) is 4. The first kappa shape index (κ1) is 14.4. The van der Waals surface area contributed by atoms with Gasteiger partial charge in [0, 0.05) is 30.4 Å². The molecule has 0 saturated carbocycles. The molecule has 0 atom stereocenters. The lowest BCUT2D eigenvalue weighted by Gasteiger charge is -2.07. The summed E-state index contributed by atoms with van der Waals surface area (Å²) in [7, 11) is 1.85. The fraction of sp³-hybridized carbons (Fsp3) is 0.200. The normalized spacial score (nSPS) is 12.0. The van der Waals surface area contributed by atoms with E-state index in [0.29, 0.717) is 16.7 Å². The van der Waals surface area contributed by atoms with E-state index in [1.165, 1.54) is 17.5 Å². The first-order valence-electron chi connectivity index (χ1n) is 6.78. The van der Waals surface area contributed by atoms with Crippen LogP contribution in [-0.2, 0) is 18.4 Å². The summed E-state index contributed by atoms with van der Waals surface area (Å²) in [5.74, 6) is -0.206. The summed E-state index contributed by atoms with van der Waals surface area (Å²) in [5.41, 5.74) is 0.609. The Kier molecular flexibility index (Phi) is 3.97. The summed E-state index contributed by atoms with van der Waals surface area (Å²) >= 11 is 1.42. The number of thiazole rings is 1. The van der Waals surface area contributed by atoms with Gasteiger partial charge in [0.2, 0.25) is 11.3 Å². The molecule has 0 aliphatic carbocycles. The van der Waals surface area contributed by atoms with E-state index in [2.05, 4.69) is 10.1 Å². The van der Waals surface area contributed by atoms with Gasteiger partial charge in [0.25, 0.3) is 0 Å². The number of carbonyl (C=O) groups excluding carboxylic acids is 1. The zero-order valence-electron chi connectivity index (χ0n) is 12.0. The number of benzene rings is 1. The van der Waals surface area contributed by atoms with Gasteiger partial charge in [0.05, 0.1) is 18.3 Å². The van der Waals surface area contributed by atoms with Crippen molar-refractivity contribution in [1.82, 2.24) is 14.3 Å². The van der Waals surface area contributed by atoms with Crippen molar-refractivity contribution in [1.29, 1.82) is 0 Å². The summed E-state index contributed by atoms with van der Waals surface area (Å²) in [6.07, 6.45) is 3.37. The number of aromatic nitrogens is 3. The van der Waals surface area contributed by atoms with Crippen LogP contribution in [0.2, 0.25) is 0 Å². The minimum absolute atomic E-state index is 0.117. The lowest BCUT2D eigenvalue weighted by Crippen LogP contribution is -2.16. The van der Waals surface area contributed by atoms with Gasteiger partial charge in [-0.05, 0) is 12.1 Å². The number of fused-ring (bicyclic) bond motifs is 1. The number of hydrogen-bond acceptors (Lipinski definition) is 4. The fourth-order valence-corrected chi connectivity index (χ4v) is 2.88. The van der Waals surface area contributed by atoms with E-state index >= 15 is 0 Å². The predicted octanol–water partition coefficient (Wildman–Crippen LogP) is 1.31. The maximum Gasteiger partial charge on any atom is 0.250 e. The first-order chi connectivity index (χ1) is 10.6. The van der Waals surface area contributed by atoms with Crippen LogP contribution in [0.1, 0.15) is 6.42 Å². The molecule has 0 fully saturated rings. The molecule has 0 aliphatic heterocycles. The molecule has 0 N–H and O–H groups in total. The second-order valence-corrected chi connectivity index (χ2v) is 5.67. The van der Waals surface area contributed by atoms with Crippen molar-refractivity contribution in [2.45, 2.75) is 13.0 Å². The molecule has 1 aromatic carbocycles. The molecule has 0 radical (unpaired) electrons. The average molecular weight is 314 g/mol. The van der Waals surface area contributed by atoms with E-state index in [-0.39, 0.29) is 17.8 Å². The van der Waals surface area contributed by atoms with E-state index in [1.807, 2.05) is 36.8 Å². The second kappa shape index (κ2) is 6.07. The average Bonchev–Trinajstić information content (AvgIpc) is 2.92. The van der Waals surface area contributed by atoms with Gasteiger partial charge >= 0.3 is 0 Å². The van der Waals surface area contributed by atoms with Crippen molar-refractivity contribution in [3.05, 3.63) is 57.1 Å². The highest BCUT2D eigenvalue weighted by molar-refractivity contribution is 7.07. The highest BCUT2D eigenvalue weighted by Gasteiger charge is 2.06. The van der Waals surface area contributed by atoms with Crippen molar-refractivity contribution >= 4 is 28.1 Å². The van der Waals surface area contributed by atoms with Crippen LogP contribution < -0.4 is 10.2 Å². The first-order valence-corrected chi connectivity index (χ1v) is 7.65. The second-order valence-electron chi connectivity index (χ2n) is 4.80. The number of rotatable bonds is 3. The molecule has 0 saturated heterocycles. The van der Waals surface area contributed by atoms with Gasteiger partial charge in [-0.3, -0.25) is 14.3 Å². The third kappa shape index (κ3) is 2.89. The standard InChI is InChI=1S/C15H14N4O2S/c1-18-8-9-22-15(18)17-14(21)6-7-19-12-5-3-2-4-11(12)13(20)10-16-19/h2-5,8-10H,6-7H2,1H3. The Hall–Kier alpha value is -2.54. The lowest BCUT2D eigenvalue weighted by atomic mass is 10.2. The van der Waals surface area contributed by atoms with Crippen molar-refractivity contribution in [2.75, 3.05) is 0 Å². The Bertz CT molecular complexity index is 952. The molecule has 0 aliphatic rings. The van der Waals surface area contributed by atoms with Gasteiger partial charge in [0.1, 0.15) is 0 Å². The molecule has 0 spiro atoms. The van der Waals surface area contributed by atoms with Gasteiger partial charge in [-0.1, -0.05) is 12.1 Å². The maximum atomic E-state index is 12.0. The Morgan fingerprint density at radius 3 is 2.95 bits per heavy atom. The highest BCUT2D eigenvalue weighted by Crippen LogP contribution is 2.08. The van der Waals surface area contributed by atoms with E-state index in [4.69, 9.17) is 0 Å². The largest absolute Gasteiger partial charge is 0.327 e. The molecule has 112 valence electrons. The molecule has 7 heteroatoms. The number of aryl methyl sites for hydroxylation is 2. The zero-order chi connectivity index (χ0) is 15.5. The Balaban J connectivity index is 1.83. The summed E-state index contributed by atoms with van der Waals surface area (Å²) in [6, 6.07) is 7.24. The zero-order valence-corrected chi connectivity index (χ0v) is 12.8. The molecule has 3 aromatic rings. The molecule has 2 heterocycles. The molecule has 6 nitrogen and oxygen atoms in total. The predicted molar refractivity (Wildman–Crippen MR) is 84.5 cm³/mol. The molecule has 0 bridgehead atoms. The summed E-state index contributed by atoms with van der Waals surface area (Å²) < 4.78 is 3.47. The van der Waals surface area contributed by atoms with Gasteiger partial charge in [-0.2, -0.15) is 10.1 Å². The third-order valence-corrected chi connectivity index (χ3v) is 4.13. The van der Waals surface area contributed by atoms with Crippen LogP contribution in [0.3, 0.4) is 0 Å². The Morgan fingerprint density at radius 2 is 2.18 bits per heavy atom. The van der Waals surface area contributed by atoms with Crippen LogP contribution in [0.5, 0.6) is 0 Å². The quantitative estimate of drug-likeness (QED) is 0.732. The van der Waals surface area contributed by atoms with E-state index in [1.54, 1.807) is 15.3 Å². The molecule has 2 aromatic heterocycles. The summed E-state index contributed by atoms with van der Waals surface area (Å²) in [5, 5.41) is 6.58. The lowest BCUT2D eigenvalue weighted by molar-refractivity contribution is -0.118. The van der Waals surface area contributed by atoms with E-state index < -0.39 is 0 Å². The Morgan fingerprint density at radius 1 is 1.36 bits per heavy atom. The molecular weight excluding hydrogens is 300 g/mol. The summed E-state index contributed by atoms with van der Waals surface area (Å²) in [6.45, 7) is 0.387. The van der Waals surface area contributed by atoms with Crippen molar-refractivity contribution in [3.63, 3.8) is 0 Å². The summed E-state index contributed by atoms with van der Waals surface area (Å²) in [4.78, 5) is 28.5. The van der Waals surface area contributed by atoms with Gasteiger partial charge in [-0.15, -0.1) is 11.3 Å². The van der Waals surface area contributed by atoms with Gasteiger partial charge in [0.15, 0.2) is 4.80 Å². The third-order valence-electron chi connectivity index (χ3n) is 3.28. The minimum Gasteiger partial charge on any atom is -0.327 e. The molecule has 22 heavy (non-hydrogen) atoms. The van der Waals surface area contributed by atoms with Crippen molar-refractivity contribution in [2.24, 2.45) is 12.0 Å². The number of hydrogen-bond donors (Lipinski definition) is 0. The van der Waals surface area contributed by atoms with Crippen LogP contribution in [-0.4, -0.2) is 20.3 Å². The van der Waals surface area contributed by atoms with Crippen LogP contribution in [0.15, 0.2) is 51.8 Å². The van der Waals surface area contributed by atoms with Crippen LogP contribution >= 0.6 is 11.3 Å². The smallest absolute Gasteiger partial charge is 0.250 e. The van der Waals surface area contributed by atoms with Crippen molar-refractivity contribution < 1.29 is 4.79 Å². The van der Waals surface area contributed by atoms with E-state index in [0.717, 1.165) is 5.52 Å². The van der Waals surface area contributed by atoms with E-state index in [9.17, 15) is 9.59 Å². The topological polar surface area (TPSA) is 69.2 Å². The molecule has 0 unspecified atom stereocenters. The number of amides is 1. The van der Waals surface area contributed by atoms with Crippen LogP contribution in [0.25, 0.3) is 10.9 Å². The van der Waals surface area contributed by atoms with Gasteiger partial charge < -0.3 is 4.57 Å². The van der Waals surface area contributed by atoms with Crippen LogP contribution in [0.4, 0.5) is 0 Å². The fourth-order valence-electron chi connectivity index (χ4n) is 2.14. The van der Waals surface area contributed by atoms with Crippen molar-refractivity contribution in [3.8, 4) is 0 Å². The Labute approximate surface area is 130 Å². The van der Waals surface area contributed by atoms with Crippen LogP contribution in [0, 0.1) is 0 Å². The SMILES string of the molecule is Cn1ccsc1=NC(=O)CCn1ncc(=O)c2ccccc21. The number of carbonyl (C=O) groups is 1.